The molecule has 6 nitrogen and oxygen atoms in total. The van der Waals surface area contributed by atoms with E-state index in [-0.39, 0.29) is 11.6 Å². The fourth-order valence-electron chi connectivity index (χ4n) is 3.09. The van der Waals surface area contributed by atoms with Gasteiger partial charge in [-0.3, -0.25) is 9.48 Å². The quantitative estimate of drug-likeness (QED) is 0.653. The van der Waals surface area contributed by atoms with Crippen LogP contribution in [0.4, 0.5) is 11.4 Å². The Hall–Kier alpha value is -2.31. The monoisotopic (exact) mass is 389 g/mol. The molecule has 0 atom stereocenters. The van der Waals surface area contributed by atoms with Gasteiger partial charge >= 0.3 is 0 Å². The second-order valence-electron chi connectivity index (χ2n) is 6.58. The highest BCUT2D eigenvalue weighted by molar-refractivity contribution is 6.39. The molecule has 1 aromatic carbocycles. The Morgan fingerprint density at radius 3 is 2.54 bits per heavy atom. The first-order valence-electron chi connectivity index (χ1n) is 8.25. The number of nitrogen functional groups attached to an aromatic ring is 1. The fraction of sp³-hybridized carbons (Fsp3) is 0.278. The Morgan fingerprint density at radius 2 is 1.92 bits per heavy atom. The van der Waals surface area contributed by atoms with E-state index < -0.39 is 0 Å². The number of nitrogens with one attached hydrogen (secondary N) is 1. The summed E-state index contributed by atoms with van der Waals surface area (Å²) in [6, 6.07) is 5.03. The van der Waals surface area contributed by atoms with Gasteiger partial charge in [-0.15, -0.1) is 0 Å². The number of aryl methyl sites for hydroxylation is 2. The zero-order chi connectivity index (χ0) is 18.6. The van der Waals surface area contributed by atoms with Gasteiger partial charge in [-0.05, 0) is 38.0 Å². The highest BCUT2D eigenvalue weighted by Crippen LogP contribution is 2.40. The summed E-state index contributed by atoms with van der Waals surface area (Å²) in [6.45, 7) is 1.87. The fourth-order valence-corrected chi connectivity index (χ4v) is 3.57. The summed E-state index contributed by atoms with van der Waals surface area (Å²) < 4.78 is 1.71. The molecule has 2 heterocycles. The number of carbonyl (C=O) groups is 1. The molecule has 134 valence electrons. The van der Waals surface area contributed by atoms with Crippen molar-refractivity contribution in [3.8, 4) is 0 Å². The van der Waals surface area contributed by atoms with E-state index in [1.165, 1.54) is 0 Å². The van der Waals surface area contributed by atoms with Crippen LogP contribution >= 0.6 is 23.2 Å². The Morgan fingerprint density at radius 1 is 1.27 bits per heavy atom. The Kier molecular flexibility index (Phi) is 4.04. The maximum absolute atomic E-state index is 13.0. The molecule has 1 amide bonds. The van der Waals surface area contributed by atoms with Crippen LogP contribution in [0.2, 0.25) is 10.0 Å². The number of aromatic nitrogens is 3. The zero-order valence-electron chi connectivity index (χ0n) is 14.3. The highest BCUT2D eigenvalue weighted by atomic mass is 35.5. The minimum atomic E-state index is -0.257. The largest absolute Gasteiger partial charge is 0.396 e. The smallest absolute Gasteiger partial charge is 0.256 e. The molecule has 1 saturated carbocycles. The summed E-state index contributed by atoms with van der Waals surface area (Å²) in [5.74, 6) is 0.161. The predicted molar refractivity (Wildman–Crippen MR) is 104 cm³/mol. The molecule has 0 aliphatic heterocycles. The van der Waals surface area contributed by atoms with Crippen LogP contribution in [-0.4, -0.2) is 20.7 Å². The second-order valence-corrected chi connectivity index (χ2v) is 7.40. The molecule has 0 unspecified atom stereocenters. The molecule has 8 heteroatoms. The molecule has 3 N–H and O–H groups in total. The number of carbonyl (C=O) groups excluding carboxylic acids is 1. The SMILES string of the molecule is Cc1nn(C)c2nc(C3CC3)cc(C(=O)Nc3cc(Cl)c(N)c(Cl)c3)c12. The van der Waals surface area contributed by atoms with Crippen LogP contribution in [0.15, 0.2) is 18.2 Å². The Labute approximate surface area is 160 Å². The summed E-state index contributed by atoms with van der Waals surface area (Å²) in [5.41, 5.74) is 9.48. The minimum absolute atomic E-state index is 0.257. The third kappa shape index (κ3) is 2.89. The van der Waals surface area contributed by atoms with Crippen molar-refractivity contribution in [2.75, 3.05) is 11.1 Å². The van der Waals surface area contributed by atoms with Crippen molar-refractivity contribution in [3.63, 3.8) is 0 Å². The number of fused-ring (bicyclic) bond motifs is 1. The number of rotatable bonds is 3. The summed E-state index contributed by atoms with van der Waals surface area (Å²) in [4.78, 5) is 17.7. The molecule has 0 spiro atoms. The van der Waals surface area contributed by atoms with E-state index in [9.17, 15) is 4.79 Å². The number of nitrogens with two attached hydrogens (primary N) is 1. The number of halogens is 2. The van der Waals surface area contributed by atoms with Crippen molar-refractivity contribution in [1.29, 1.82) is 0 Å². The van der Waals surface area contributed by atoms with Crippen LogP contribution in [0.5, 0.6) is 0 Å². The summed E-state index contributed by atoms with van der Waals surface area (Å²) in [5, 5.41) is 8.61. The third-order valence-corrected chi connectivity index (χ3v) is 5.19. The highest BCUT2D eigenvalue weighted by Gasteiger charge is 2.28. The maximum atomic E-state index is 13.0. The lowest BCUT2D eigenvalue weighted by molar-refractivity contribution is 0.102. The zero-order valence-corrected chi connectivity index (χ0v) is 15.8. The summed E-state index contributed by atoms with van der Waals surface area (Å²) >= 11 is 12.1. The Bertz CT molecular complexity index is 1030. The van der Waals surface area contributed by atoms with Crippen molar-refractivity contribution in [2.24, 2.45) is 7.05 Å². The van der Waals surface area contributed by atoms with Gasteiger partial charge in [0.2, 0.25) is 0 Å². The van der Waals surface area contributed by atoms with Gasteiger partial charge in [-0.1, -0.05) is 23.2 Å². The van der Waals surface area contributed by atoms with E-state index in [2.05, 4.69) is 10.4 Å². The van der Waals surface area contributed by atoms with Crippen molar-refractivity contribution in [1.82, 2.24) is 14.8 Å². The molecule has 0 radical (unpaired) electrons. The number of anilines is 2. The lowest BCUT2D eigenvalue weighted by atomic mass is 10.1. The van der Waals surface area contributed by atoms with E-state index in [4.69, 9.17) is 33.9 Å². The van der Waals surface area contributed by atoms with E-state index in [1.54, 1.807) is 16.8 Å². The van der Waals surface area contributed by atoms with Crippen LogP contribution in [0.1, 0.15) is 40.5 Å². The molecular weight excluding hydrogens is 373 g/mol. The number of hydrogen-bond donors (Lipinski definition) is 2. The van der Waals surface area contributed by atoms with Gasteiger partial charge in [-0.25, -0.2) is 4.98 Å². The molecule has 3 aromatic rings. The minimum Gasteiger partial charge on any atom is -0.396 e. The van der Waals surface area contributed by atoms with Gasteiger partial charge in [0, 0.05) is 24.3 Å². The third-order valence-electron chi connectivity index (χ3n) is 4.57. The van der Waals surface area contributed by atoms with Crippen LogP contribution in [0.3, 0.4) is 0 Å². The predicted octanol–water partition coefficient (Wildman–Crippen LogP) is 4.30. The van der Waals surface area contributed by atoms with Crippen LogP contribution in [0, 0.1) is 6.92 Å². The summed E-state index contributed by atoms with van der Waals surface area (Å²) in [7, 11) is 1.83. The average molecular weight is 390 g/mol. The first-order chi connectivity index (χ1) is 12.3. The first kappa shape index (κ1) is 17.1. The molecule has 1 aliphatic rings. The maximum Gasteiger partial charge on any atom is 0.256 e. The molecule has 0 saturated heterocycles. The number of hydrogen-bond acceptors (Lipinski definition) is 4. The molecule has 2 aromatic heterocycles. The molecule has 1 aliphatic carbocycles. The average Bonchev–Trinajstić information content (AvgIpc) is 3.39. The summed E-state index contributed by atoms with van der Waals surface area (Å²) in [6.07, 6.45) is 2.19. The van der Waals surface area contributed by atoms with Crippen molar-refractivity contribution in [2.45, 2.75) is 25.7 Å². The first-order valence-corrected chi connectivity index (χ1v) is 9.01. The molecule has 4 rings (SSSR count). The van der Waals surface area contributed by atoms with E-state index >= 15 is 0 Å². The van der Waals surface area contributed by atoms with E-state index in [0.717, 1.165) is 29.6 Å². The van der Waals surface area contributed by atoms with Crippen molar-refractivity contribution < 1.29 is 4.79 Å². The normalized spacial score (nSPS) is 14.0. The molecule has 26 heavy (non-hydrogen) atoms. The van der Waals surface area contributed by atoms with Crippen LogP contribution in [0.25, 0.3) is 11.0 Å². The standard InChI is InChI=1S/C18H17Cl2N5O/c1-8-15-11(7-14(9-3-4-9)23-17(15)25(2)24-8)18(26)22-10-5-12(19)16(21)13(20)6-10/h5-7,9H,3-4,21H2,1-2H3,(H,22,26). The van der Waals surface area contributed by atoms with Crippen molar-refractivity contribution >= 4 is 51.5 Å². The van der Waals surface area contributed by atoms with Gasteiger partial charge in [0.05, 0.1) is 32.4 Å². The van der Waals surface area contributed by atoms with Gasteiger partial charge in [0.25, 0.3) is 5.91 Å². The molecule has 0 bridgehead atoms. The molecule has 1 fully saturated rings. The lowest BCUT2D eigenvalue weighted by Crippen LogP contribution is -2.14. The number of amides is 1. The van der Waals surface area contributed by atoms with E-state index in [0.29, 0.717) is 32.9 Å². The van der Waals surface area contributed by atoms with Gasteiger partial charge in [0.15, 0.2) is 5.65 Å². The second kappa shape index (κ2) is 6.14. The lowest BCUT2D eigenvalue weighted by Gasteiger charge is -2.11. The van der Waals surface area contributed by atoms with Crippen molar-refractivity contribution in [3.05, 3.63) is 45.2 Å². The topological polar surface area (TPSA) is 85.8 Å². The number of pyridine rings is 1. The number of benzene rings is 1. The van der Waals surface area contributed by atoms with Gasteiger partial charge in [-0.2, -0.15) is 5.10 Å². The number of nitrogens with zero attached hydrogens (tertiary/aromatic N) is 3. The van der Waals surface area contributed by atoms with Gasteiger partial charge in [0.1, 0.15) is 0 Å². The van der Waals surface area contributed by atoms with Crippen LogP contribution < -0.4 is 11.1 Å². The van der Waals surface area contributed by atoms with E-state index in [1.807, 2.05) is 20.0 Å². The van der Waals surface area contributed by atoms with Gasteiger partial charge < -0.3 is 11.1 Å². The van der Waals surface area contributed by atoms with Crippen LogP contribution in [-0.2, 0) is 7.05 Å². The Balaban J connectivity index is 1.79. The molecular formula is C18H17Cl2N5O.